The van der Waals surface area contributed by atoms with E-state index in [1.165, 1.54) is 0 Å². The minimum Gasteiger partial charge on any atom is -0.497 e. The molecule has 0 aliphatic carbocycles. The number of aromatic nitrogens is 2. The SMILES string of the molecule is CCN(CC)CCNc1ccc2nc(C)n3c4ccc(OC)cc4c(=O)c1c23.Cl.Cl. The minimum absolute atomic E-state index is 0. The zero-order chi connectivity index (χ0) is 19.8. The molecule has 0 unspecified atom stereocenters. The molecule has 0 radical (unpaired) electrons. The highest BCUT2D eigenvalue weighted by Crippen LogP contribution is 2.31. The van der Waals surface area contributed by atoms with E-state index in [0.717, 1.165) is 54.2 Å². The smallest absolute Gasteiger partial charge is 0.199 e. The fraction of sp³-hybridized carbons (Fsp3) is 0.364. The minimum atomic E-state index is 0. The number of halogens is 2. The quantitative estimate of drug-likeness (QED) is 0.424. The maximum absolute atomic E-state index is 13.5. The molecule has 2 heterocycles. The molecule has 6 nitrogen and oxygen atoms in total. The Kier molecular flexibility index (Phi) is 7.75. The van der Waals surface area contributed by atoms with Crippen LogP contribution in [-0.4, -0.2) is 47.6 Å². The van der Waals surface area contributed by atoms with Gasteiger partial charge in [0.25, 0.3) is 0 Å². The first-order chi connectivity index (χ1) is 13.6. The van der Waals surface area contributed by atoms with Crippen molar-refractivity contribution in [3.63, 3.8) is 0 Å². The molecule has 0 aliphatic rings. The number of likely N-dealkylation sites (N-methyl/N-ethyl adjacent to an activating group) is 1. The molecule has 8 heteroatoms. The van der Waals surface area contributed by atoms with Crippen LogP contribution < -0.4 is 15.5 Å². The predicted molar refractivity (Wildman–Crippen MR) is 130 cm³/mol. The molecular weight excluding hydrogens is 423 g/mol. The fourth-order valence-electron chi connectivity index (χ4n) is 4.00. The van der Waals surface area contributed by atoms with Gasteiger partial charge >= 0.3 is 0 Å². The third-order valence-electron chi connectivity index (χ3n) is 5.54. The van der Waals surface area contributed by atoms with Crippen LogP contribution in [0.3, 0.4) is 0 Å². The number of imidazole rings is 1. The normalized spacial score (nSPS) is 11.1. The summed E-state index contributed by atoms with van der Waals surface area (Å²) in [4.78, 5) is 20.5. The van der Waals surface area contributed by atoms with Crippen LogP contribution in [0.5, 0.6) is 5.75 Å². The van der Waals surface area contributed by atoms with Crippen molar-refractivity contribution in [2.24, 2.45) is 0 Å². The Morgan fingerprint density at radius 2 is 1.87 bits per heavy atom. The molecule has 0 spiro atoms. The number of fused-ring (bicyclic) bond motifs is 2. The number of rotatable bonds is 7. The average molecular weight is 451 g/mol. The molecule has 4 aromatic rings. The monoisotopic (exact) mass is 450 g/mol. The van der Waals surface area contributed by atoms with Gasteiger partial charge in [-0.3, -0.25) is 9.20 Å². The van der Waals surface area contributed by atoms with Crippen LogP contribution >= 0.6 is 24.8 Å². The van der Waals surface area contributed by atoms with Gasteiger partial charge in [0.1, 0.15) is 11.6 Å². The van der Waals surface area contributed by atoms with Gasteiger partial charge in [-0.2, -0.15) is 0 Å². The van der Waals surface area contributed by atoms with E-state index < -0.39 is 0 Å². The number of anilines is 1. The highest BCUT2D eigenvalue weighted by Gasteiger charge is 2.18. The van der Waals surface area contributed by atoms with Crippen LogP contribution in [0.25, 0.3) is 27.3 Å². The van der Waals surface area contributed by atoms with Crippen LogP contribution in [0.2, 0.25) is 0 Å². The zero-order valence-corrected chi connectivity index (χ0v) is 19.3. The van der Waals surface area contributed by atoms with Crippen molar-refractivity contribution in [2.45, 2.75) is 20.8 Å². The number of nitrogens with zero attached hydrogens (tertiary/aromatic N) is 3. The Hall–Kier alpha value is -2.28. The van der Waals surface area contributed by atoms with Crippen molar-refractivity contribution >= 4 is 57.8 Å². The first-order valence-electron chi connectivity index (χ1n) is 9.80. The summed E-state index contributed by atoms with van der Waals surface area (Å²) in [5, 5.41) is 4.82. The highest BCUT2D eigenvalue weighted by atomic mass is 35.5. The Bertz CT molecular complexity index is 1200. The number of hydrogen-bond acceptors (Lipinski definition) is 5. The molecule has 0 aliphatic heterocycles. The maximum atomic E-state index is 13.5. The summed E-state index contributed by atoms with van der Waals surface area (Å²) in [6.45, 7) is 10.0. The summed E-state index contributed by atoms with van der Waals surface area (Å²) < 4.78 is 7.43. The second-order valence-corrected chi connectivity index (χ2v) is 7.02. The Morgan fingerprint density at radius 1 is 1.13 bits per heavy atom. The lowest BCUT2D eigenvalue weighted by Gasteiger charge is -2.19. The Labute approximate surface area is 188 Å². The Balaban J connectivity index is 0.00000160. The van der Waals surface area contributed by atoms with Crippen molar-refractivity contribution < 1.29 is 4.74 Å². The van der Waals surface area contributed by atoms with Crippen molar-refractivity contribution in [1.82, 2.24) is 14.3 Å². The second-order valence-electron chi connectivity index (χ2n) is 7.02. The maximum Gasteiger partial charge on any atom is 0.199 e. The second kappa shape index (κ2) is 9.69. The topological polar surface area (TPSA) is 58.9 Å². The van der Waals surface area contributed by atoms with Gasteiger partial charge in [0.2, 0.25) is 0 Å². The average Bonchev–Trinajstić information content (AvgIpc) is 3.05. The van der Waals surface area contributed by atoms with Gasteiger partial charge in [0.15, 0.2) is 5.43 Å². The molecule has 0 amide bonds. The predicted octanol–water partition coefficient (Wildman–Crippen LogP) is 4.35. The summed E-state index contributed by atoms with van der Waals surface area (Å²) in [6.07, 6.45) is 0. The van der Waals surface area contributed by atoms with Gasteiger partial charge in [0.05, 0.1) is 34.4 Å². The number of pyridine rings is 1. The molecule has 0 saturated heterocycles. The van der Waals surface area contributed by atoms with Crippen LogP contribution in [0.4, 0.5) is 5.69 Å². The molecule has 0 saturated carbocycles. The van der Waals surface area contributed by atoms with E-state index in [-0.39, 0.29) is 30.2 Å². The van der Waals surface area contributed by atoms with Crippen LogP contribution in [0.1, 0.15) is 19.7 Å². The van der Waals surface area contributed by atoms with E-state index in [1.54, 1.807) is 7.11 Å². The van der Waals surface area contributed by atoms with E-state index in [9.17, 15) is 4.79 Å². The summed E-state index contributed by atoms with van der Waals surface area (Å²) in [7, 11) is 1.61. The zero-order valence-electron chi connectivity index (χ0n) is 17.7. The van der Waals surface area contributed by atoms with Crippen LogP contribution in [0, 0.1) is 6.92 Å². The first-order valence-corrected chi connectivity index (χ1v) is 9.80. The summed E-state index contributed by atoms with van der Waals surface area (Å²) in [5.41, 5.74) is 3.46. The van der Waals surface area contributed by atoms with E-state index in [0.29, 0.717) is 16.5 Å². The molecule has 0 atom stereocenters. The molecule has 2 aromatic heterocycles. The third kappa shape index (κ3) is 3.87. The molecule has 1 N–H and O–H groups in total. The van der Waals surface area contributed by atoms with Crippen molar-refractivity contribution in [3.05, 3.63) is 46.4 Å². The lowest BCUT2D eigenvalue weighted by molar-refractivity contribution is 0.316. The van der Waals surface area contributed by atoms with Crippen molar-refractivity contribution in [1.29, 1.82) is 0 Å². The molecule has 0 bridgehead atoms. The molecule has 4 rings (SSSR count). The lowest BCUT2D eigenvalue weighted by Crippen LogP contribution is -2.28. The third-order valence-corrected chi connectivity index (χ3v) is 5.54. The number of nitrogens with one attached hydrogen (secondary N) is 1. The number of methoxy groups -OCH3 is 1. The van der Waals surface area contributed by atoms with E-state index in [4.69, 9.17) is 4.74 Å². The number of benzene rings is 2. The number of ether oxygens (including phenoxy) is 1. The number of aryl methyl sites for hydroxylation is 1. The summed E-state index contributed by atoms with van der Waals surface area (Å²) in [6, 6.07) is 9.60. The molecule has 0 fully saturated rings. The molecule has 30 heavy (non-hydrogen) atoms. The largest absolute Gasteiger partial charge is 0.497 e. The first kappa shape index (κ1) is 24.0. The van der Waals surface area contributed by atoms with E-state index in [2.05, 4.69) is 33.4 Å². The van der Waals surface area contributed by atoms with Gasteiger partial charge in [-0.1, -0.05) is 13.8 Å². The number of hydrogen-bond donors (Lipinski definition) is 1. The molecule has 2 aromatic carbocycles. The van der Waals surface area contributed by atoms with Crippen LogP contribution in [0.15, 0.2) is 35.1 Å². The van der Waals surface area contributed by atoms with Crippen LogP contribution in [-0.2, 0) is 0 Å². The van der Waals surface area contributed by atoms with Crippen molar-refractivity contribution in [2.75, 3.05) is 38.6 Å². The standard InChI is InChI=1S/C22H26N4O2.2ClH/c1-5-25(6-2)12-11-23-17-8-9-18-21-20(17)22(27)16-13-15(28-4)7-10-19(16)26(21)14(3)24-18;;/h7-10,13,23H,5-6,11-12H2,1-4H3;2*1H. The van der Waals surface area contributed by atoms with Gasteiger partial charge in [-0.25, -0.2) is 4.98 Å². The fourth-order valence-corrected chi connectivity index (χ4v) is 4.00. The van der Waals surface area contributed by atoms with Crippen molar-refractivity contribution in [3.8, 4) is 5.75 Å². The summed E-state index contributed by atoms with van der Waals surface area (Å²) in [5.74, 6) is 1.55. The Morgan fingerprint density at radius 3 is 2.53 bits per heavy atom. The molecule has 162 valence electrons. The highest BCUT2D eigenvalue weighted by molar-refractivity contribution is 6.07. The van der Waals surface area contributed by atoms with E-state index in [1.807, 2.05) is 37.3 Å². The van der Waals surface area contributed by atoms with Gasteiger partial charge in [-0.15, -0.1) is 24.8 Å². The molecular formula is C22H28Cl2N4O2. The van der Waals surface area contributed by atoms with Gasteiger partial charge in [-0.05, 0) is 50.3 Å². The van der Waals surface area contributed by atoms with Gasteiger partial charge < -0.3 is 15.0 Å². The summed E-state index contributed by atoms with van der Waals surface area (Å²) >= 11 is 0. The lowest BCUT2D eigenvalue weighted by atomic mass is 10.1. The van der Waals surface area contributed by atoms with Gasteiger partial charge in [0, 0.05) is 18.8 Å². The van der Waals surface area contributed by atoms with E-state index >= 15 is 0 Å².